The minimum absolute atomic E-state index is 0.00872. The molecule has 6 heteroatoms. The third kappa shape index (κ3) is 3.60. The van der Waals surface area contributed by atoms with Gasteiger partial charge in [0.15, 0.2) is 11.6 Å². The smallest absolute Gasteiger partial charge is 0.271 e. The Labute approximate surface area is 127 Å². The first-order valence-electron chi connectivity index (χ1n) is 6.49. The van der Waals surface area contributed by atoms with Crippen LogP contribution in [0.4, 0.5) is 4.39 Å². The summed E-state index contributed by atoms with van der Waals surface area (Å²) in [7, 11) is 1.38. The fraction of sp³-hybridized carbons (Fsp3) is 0.125. The molecular formula is C16H15FN2O3. The normalized spacial score (nSPS) is 11.1. The summed E-state index contributed by atoms with van der Waals surface area (Å²) < 4.78 is 18.5. The molecule has 5 nitrogen and oxygen atoms in total. The Kier molecular flexibility index (Phi) is 4.73. The molecule has 0 unspecified atom stereocenters. The number of aromatic hydroxyl groups is 1. The molecule has 0 saturated carbocycles. The highest BCUT2D eigenvalue weighted by Crippen LogP contribution is 2.18. The minimum atomic E-state index is -0.506. The third-order valence-electron chi connectivity index (χ3n) is 3.00. The maximum atomic E-state index is 13.6. The first kappa shape index (κ1) is 15.5. The van der Waals surface area contributed by atoms with E-state index in [0.717, 1.165) is 0 Å². The molecule has 22 heavy (non-hydrogen) atoms. The van der Waals surface area contributed by atoms with Crippen molar-refractivity contribution in [2.24, 2.45) is 5.10 Å². The van der Waals surface area contributed by atoms with E-state index in [9.17, 15) is 14.3 Å². The number of methoxy groups -OCH3 is 1. The van der Waals surface area contributed by atoms with E-state index in [1.165, 1.54) is 31.4 Å². The molecule has 0 aliphatic carbocycles. The molecular weight excluding hydrogens is 287 g/mol. The number of rotatable bonds is 4. The van der Waals surface area contributed by atoms with Gasteiger partial charge in [0, 0.05) is 11.1 Å². The first-order valence-corrected chi connectivity index (χ1v) is 6.49. The Bertz CT molecular complexity index is 729. The number of amides is 1. The van der Waals surface area contributed by atoms with Crippen LogP contribution in [0.15, 0.2) is 47.6 Å². The molecule has 0 spiro atoms. The average molecular weight is 302 g/mol. The molecule has 2 aromatic carbocycles. The molecule has 1 amide bonds. The van der Waals surface area contributed by atoms with Gasteiger partial charge in [-0.25, -0.2) is 9.82 Å². The maximum Gasteiger partial charge on any atom is 0.271 e. The van der Waals surface area contributed by atoms with Gasteiger partial charge in [-0.2, -0.15) is 5.10 Å². The lowest BCUT2D eigenvalue weighted by molar-refractivity contribution is 0.0954. The highest BCUT2D eigenvalue weighted by Gasteiger charge is 2.08. The van der Waals surface area contributed by atoms with Crippen LogP contribution in [0.2, 0.25) is 0 Å². The summed E-state index contributed by atoms with van der Waals surface area (Å²) in [4.78, 5) is 11.9. The zero-order chi connectivity index (χ0) is 16.1. The van der Waals surface area contributed by atoms with Gasteiger partial charge < -0.3 is 9.84 Å². The van der Waals surface area contributed by atoms with Gasteiger partial charge in [-0.3, -0.25) is 4.79 Å². The van der Waals surface area contributed by atoms with Gasteiger partial charge in [0.1, 0.15) is 5.75 Å². The van der Waals surface area contributed by atoms with Gasteiger partial charge in [-0.05, 0) is 43.3 Å². The van der Waals surface area contributed by atoms with Gasteiger partial charge in [-0.1, -0.05) is 6.07 Å². The lowest BCUT2D eigenvalue weighted by atomic mass is 10.1. The number of halogens is 1. The monoisotopic (exact) mass is 302 g/mol. The Morgan fingerprint density at radius 1 is 1.23 bits per heavy atom. The number of hydrazone groups is 1. The van der Waals surface area contributed by atoms with Crippen molar-refractivity contribution >= 4 is 11.6 Å². The number of hydrogen-bond acceptors (Lipinski definition) is 4. The molecule has 0 atom stereocenters. The zero-order valence-corrected chi connectivity index (χ0v) is 12.1. The van der Waals surface area contributed by atoms with Crippen molar-refractivity contribution in [2.45, 2.75) is 6.92 Å². The first-order chi connectivity index (χ1) is 10.5. The van der Waals surface area contributed by atoms with Gasteiger partial charge in [0.25, 0.3) is 5.91 Å². The van der Waals surface area contributed by atoms with E-state index < -0.39 is 11.7 Å². The van der Waals surface area contributed by atoms with Gasteiger partial charge in [-0.15, -0.1) is 0 Å². The largest absolute Gasteiger partial charge is 0.508 e. The molecule has 2 aromatic rings. The quantitative estimate of drug-likeness (QED) is 0.674. The van der Waals surface area contributed by atoms with Crippen LogP contribution in [-0.2, 0) is 0 Å². The topological polar surface area (TPSA) is 70.9 Å². The second kappa shape index (κ2) is 6.71. The summed E-state index contributed by atoms with van der Waals surface area (Å²) >= 11 is 0. The Morgan fingerprint density at radius 3 is 2.64 bits per heavy atom. The number of phenolic OH excluding ortho intramolecular Hbond substituents is 1. The van der Waals surface area contributed by atoms with Crippen molar-refractivity contribution in [2.75, 3.05) is 7.11 Å². The molecule has 2 N–H and O–H groups in total. The molecule has 0 aromatic heterocycles. The predicted octanol–water partition coefficient (Wildman–Crippen LogP) is 2.69. The van der Waals surface area contributed by atoms with Crippen LogP contribution in [0.3, 0.4) is 0 Å². The summed E-state index contributed by atoms with van der Waals surface area (Å²) in [6.45, 7) is 1.64. The lowest BCUT2D eigenvalue weighted by Crippen LogP contribution is -2.19. The van der Waals surface area contributed by atoms with E-state index in [0.29, 0.717) is 11.3 Å². The average Bonchev–Trinajstić information content (AvgIpc) is 2.52. The minimum Gasteiger partial charge on any atom is -0.508 e. The lowest BCUT2D eigenvalue weighted by Gasteiger charge is -2.06. The Hall–Kier alpha value is -2.89. The van der Waals surface area contributed by atoms with E-state index in [1.807, 2.05) is 0 Å². The number of benzene rings is 2. The van der Waals surface area contributed by atoms with Crippen molar-refractivity contribution in [3.8, 4) is 11.5 Å². The molecule has 0 saturated heterocycles. The summed E-state index contributed by atoms with van der Waals surface area (Å²) in [5, 5.41) is 13.3. The van der Waals surface area contributed by atoms with E-state index in [-0.39, 0.29) is 17.1 Å². The van der Waals surface area contributed by atoms with Crippen molar-refractivity contribution in [3.63, 3.8) is 0 Å². The highest BCUT2D eigenvalue weighted by molar-refractivity contribution is 6.01. The van der Waals surface area contributed by atoms with Gasteiger partial charge in [0.2, 0.25) is 0 Å². The van der Waals surface area contributed by atoms with Crippen molar-refractivity contribution in [3.05, 3.63) is 59.4 Å². The summed E-state index contributed by atoms with van der Waals surface area (Å²) in [5.41, 5.74) is 3.59. The Morgan fingerprint density at radius 2 is 2.00 bits per heavy atom. The standard InChI is InChI=1S/C16H15FN2O3/c1-10(11-6-7-15(22-2)14(17)9-11)18-19-16(21)12-4-3-5-13(20)8-12/h3-9,20H,1-2H3,(H,19,21)/b18-10-. The molecule has 0 radical (unpaired) electrons. The number of ether oxygens (including phenoxy) is 1. The number of nitrogens with one attached hydrogen (secondary N) is 1. The van der Waals surface area contributed by atoms with Crippen LogP contribution in [0.5, 0.6) is 11.5 Å². The van der Waals surface area contributed by atoms with Crippen LogP contribution < -0.4 is 10.2 Å². The summed E-state index contributed by atoms with van der Waals surface area (Å²) in [6, 6.07) is 10.3. The summed E-state index contributed by atoms with van der Waals surface area (Å²) in [6.07, 6.45) is 0. The fourth-order valence-electron chi connectivity index (χ4n) is 1.80. The highest BCUT2D eigenvalue weighted by atomic mass is 19.1. The van der Waals surface area contributed by atoms with Crippen molar-refractivity contribution in [1.29, 1.82) is 0 Å². The van der Waals surface area contributed by atoms with Crippen LogP contribution in [-0.4, -0.2) is 23.8 Å². The fourth-order valence-corrected chi connectivity index (χ4v) is 1.80. The molecule has 0 heterocycles. The third-order valence-corrected chi connectivity index (χ3v) is 3.00. The van der Waals surface area contributed by atoms with Gasteiger partial charge >= 0.3 is 0 Å². The molecule has 0 aliphatic rings. The van der Waals surface area contributed by atoms with Crippen LogP contribution in [0, 0.1) is 5.82 Å². The number of nitrogens with zero attached hydrogens (tertiary/aromatic N) is 1. The van der Waals surface area contributed by atoms with E-state index in [4.69, 9.17) is 4.74 Å². The van der Waals surface area contributed by atoms with E-state index in [2.05, 4.69) is 10.5 Å². The second-order valence-electron chi connectivity index (χ2n) is 4.54. The van der Waals surface area contributed by atoms with Crippen LogP contribution in [0.25, 0.3) is 0 Å². The number of hydrogen-bond donors (Lipinski definition) is 2. The van der Waals surface area contributed by atoms with Gasteiger partial charge in [0.05, 0.1) is 12.8 Å². The van der Waals surface area contributed by atoms with Crippen LogP contribution >= 0.6 is 0 Å². The van der Waals surface area contributed by atoms with Crippen molar-refractivity contribution < 1.29 is 19.0 Å². The molecule has 0 aliphatic heterocycles. The number of phenols is 1. The van der Waals surface area contributed by atoms with Crippen molar-refractivity contribution in [1.82, 2.24) is 5.43 Å². The van der Waals surface area contributed by atoms with Crippen LogP contribution in [0.1, 0.15) is 22.8 Å². The zero-order valence-electron chi connectivity index (χ0n) is 12.1. The summed E-state index contributed by atoms with van der Waals surface area (Å²) in [5.74, 6) is -0.844. The van der Waals surface area contributed by atoms with E-state index >= 15 is 0 Å². The second-order valence-corrected chi connectivity index (χ2v) is 4.54. The molecule has 2 rings (SSSR count). The molecule has 0 fully saturated rings. The molecule has 114 valence electrons. The Balaban J connectivity index is 2.12. The SMILES string of the molecule is COc1ccc(/C(C)=N\NC(=O)c2cccc(O)c2)cc1F. The predicted molar refractivity (Wildman–Crippen MR) is 80.7 cm³/mol. The maximum absolute atomic E-state index is 13.6. The number of carbonyl (C=O) groups is 1. The number of carbonyl (C=O) groups excluding carboxylic acids is 1. The molecule has 0 bridgehead atoms. The van der Waals surface area contributed by atoms with E-state index in [1.54, 1.807) is 25.1 Å².